The number of ether oxygens (including phenoxy) is 1. The topological polar surface area (TPSA) is 36.3 Å². The molecule has 0 saturated carbocycles. The molecule has 3 nitrogen and oxygen atoms in total. The van der Waals surface area contributed by atoms with Crippen LogP contribution in [0.1, 0.15) is 26.7 Å². The Hall–Kier alpha value is -0.590. The fourth-order valence-electron chi connectivity index (χ4n) is 1.98. The molecule has 0 aromatic rings. The lowest BCUT2D eigenvalue weighted by atomic mass is 10.1. The van der Waals surface area contributed by atoms with Crippen molar-refractivity contribution in [2.24, 2.45) is 5.92 Å². The van der Waals surface area contributed by atoms with E-state index in [0.717, 1.165) is 39.1 Å². The van der Waals surface area contributed by atoms with Gasteiger partial charge in [0.2, 0.25) is 0 Å². The third-order valence-electron chi connectivity index (χ3n) is 2.84. The molecule has 0 amide bonds. The summed E-state index contributed by atoms with van der Waals surface area (Å²) < 4.78 is 5.33. The van der Waals surface area contributed by atoms with E-state index in [1.165, 1.54) is 0 Å². The van der Waals surface area contributed by atoms with Crippen LogP contribution in [0.4, 0.5) is 0 Å². The average molecular weight is 196 g/mol. The van der Waals surface area contributed by atoms with Gasteiger partial charge in [0.05, 0.1) is 12.0 Å². The highest BCUT2D eigenvalue weighted by Gasteiger charge is 2.21. The first kappa shape index (κ1) is 11.5. The van der Waals surface area contributed by atoms with Gasteiger partial charge in [-0.25, -0.2) is 0 Å². The normalized spacial score (nSPS) is 20.7. The van der Waals surface area contributed by atoms with Crippen molar-refractivity contribution in [3.05, 3.63) is 0 Å². The van der Waals surface area contributed by atoms with Crippen LogP contribution in [0.5, 0.6) is 0 Å². The molecule has 0 aromatic carbocycles. The largest absolute Gasteiger partial charge is 0.381 e. The highest BCUT2D eigenvalue weighted by atomic mass is 16.5. The van der Waals surface area contributed by atoms with E-state index in [1.807, 2.05) is 6.92 Å². The number of hydrogen-bond donors (Lipinski definition) is 0. The van der Waals surface area contributed by atoms with Gasteiger partial charge < -0.3 is 4.74 Å². The molecule has 14 heavy (non-hydrogen) atoms. The molecule has 3 heteroatoms. The molecule has 1 saturated heterocycles. The van der Waals surface area contributed by atoms with E-state index in [-0.39, 0.29) is 5.92 Å². The summed E-state index contributed by atoms with van der Waals surface area (Å²) in [7, 11) is 0. The monoisotopic (exact) mass is 196 g/mol. The summed E-state index contributed by atoms with van der Waals surface area (Å²) in [6.45, 7) is 7.85. The van der Waals surface area contributed by atoms with Crippen molar-refractivity contribution in [3.63, 3.8) is 0 Å². The van der Waals surface area contributed by atoms with Crippen LogP contribution < -0.4 is 0 Å². The fourth-order valence-corrected chi connectivity index (χ4v) is 1.98. The predicted molar refractivity (Wildman–Crippen MR) is 55.9 cm³/mol. The van der Waals surface area contributed by atoms with Crippen LogP contribution in [0.25, 0.3) is 0 Å². The minimum atomic E-state index is 0.137. The maximum Gasteiger partial charge on any atom is 0.0666 e. The maximum atomic E-state index is 8.78. The molecule has 1 rings (SSSR count). The van der Waals surface area contributed by atoms with Crippen molar-refractivity contribution >= 4 is 0 Å². The number of nitrogens with zero attached hydrogens (tertiary/aromatic N) is 2. The van der Waals surface area contributed by atoms with Gasteiger partial charge in [0.1, 0.15) is 0 Å². The van der Waals surface area contributed by atoms with Crippen LogP contribution in [0, 0.1) is 17.2 Å². The Morgan fingerprint density at radius 2 is 2.14 bits per heavy atom. The Bertz CT molecular complexity index is 194. The first-order valence-corrected chi connectivity index (χ1v) is 5.49. The lowest BCUT2D eigenvalue weighted by molar-refractivity contribution is 0.0334. The maximum absolute atomic E-state index is 8.78. The Morgan fingerprint density at radius 3 is 2.64 bits per heavy atom. The van der Waals surface area contributed by atoms with Crippen LogP contribution in [-0.2, 0) is 4.74 Å². The van der Waals surface area contributed by atoms with Gasteiger partial charge in [0.25, 0.3) is 0 Å². The molecule has 0 aliphatic carbocycles. The molecule has 1 heterocycles. The van der Waals surface area contributed by atoms with Gasteiger partial charge in [-0.15, -0.1) is 0 Å². The molecule has 0 N–H and O–H groups in total. The van der Waals surface area contributed by atoms with Crippen LogP contribution >= 0.6 is 0 Å². The summed E-state index contributed by atoms with van der Waals surface area (Å²) in [5, 5.41) is 8.78. The van der Waals surface area contributed by atoms with Crippen molar-refractivity contribution in [1.82, 2.24) is 4.90 Å². The molecule has 1 aliphatic heterocycles. The second-order valence-corrected chi connectivity index (χ2v) is 3.96. The molecule has 1 fully saturated rings. The third kappa shape index (κ3) is 3.28. The average Bonchev–Trinajstić information content (AvgIpc) is 2.26. The van der Waals surface area contributed by atoms with Gasteiger partial charge >= 0.3 is 0 Å². The predicted octanol–water partition coefficient (Wildman–Crippen LogP) is 1.65. The standard InChI is InChI=1S/C11H20N2O/c1-3-13(9-10(2)8-12)11-4-6-14-7-5-11/h10-11H,3-7,9H2,1-2H3. The lowest BCUT2D eigenvalue weighted by Gasteiger charge is -2.34. The van der Waals surface area contributed by atoms with Crippen molar-refractivity contribution in [2.75, 3.05) is 26.3 Å². The fraction of sp³-hybridized carbons (Fsp3) is 0.909. The van der Waals surface area contributed by atoms with E-state index in [4.69, 9.17) is 10.00 Å². The van der Waals surface area contributed by atoms with Crippen molar-refractivity contribution in [3.8, 4) is 6.07 Å². The zero-order valence-corrected chi connectivity index (χ0v) is 9.20. The summed E-state index contributed by atoms with van der Waals surface area (Å²) >= 11 is 0. The van der Waals surface area contributed by atoms with Crippen LogP contribution in [-0.4, -0.2) is 37.2 Å². The van der Waals surface area contributed by atoms with Crippen LogP contribution in [0.2, 0.25) is 0 Å². The van der Waals surface area contributed by atoms with E-state index in [9.17, 15) is 0 Å². The van der Waals surface area contributed by atoms with Gasteiger partial charge in [-0.3, -0.25) is 4.90 Å². The quantitative estimate of drug-likeness (QED) is 0.686. The summed E-state index contributed by atoms with van der Waals surface area (Å²) in [5.41, 5.74) is 0. The van der Waals surface area contributed by atoms with E-state index in [0.29, 0.717) is 6.04 Å². The van der Waals surface area contributed by atoms with Crippen molar-refractivity contribution in [1.29, 1.82) is 5.26 Å². The summed E-state index contributed by atoms with van der Waals surface area (Å²) in [4.78, 5) is 2.41. The van der Waals surface area contributed by atoms with E-state index in [1.54, 1.807) is 0 Å². The third-order valence-corrected chi connectivity index (χ3v) is 2.84. The van der Waals surface area contributed by atoms with Gasteiger partial charge in [-0.2, -0.15) is 5.26 Å². The second kappa shape index (κ2) is 6.00. The molecule has 0 radical (unpaired) electrons. The van der Waals surface area contributed by atoms with Crippen LogP contribution in [0.3, 0.4) is 0 Å². The Morgan fingerprint density at radius 1 is 1.50 bits per heavy atom. The minimum Gasteiger partial charge on any atom is -0.381 e. The van der Waals surface area contributed by atoms with E-state index in [2.05, 4.69) is 17.9 Å². The second-order valence-electron chi connectivity index (χ2n) is 3.96. The highest BCUT2D eigenvalue weighted by Crippen LogP contribution is 2.15. The number of hydrogen-bond acceptors (Lipinski definition) is 3. The van der Waals surface area contributed by atoms with Gasteiger partial charge in [0.15, 0.2) is 0 Å². The van der Waals surface area contributed by atoms with Crippen LogP contribution in [0.15, 0.2) is 0 Å². The molecule has 0 aromatic heterocycles. The molecule has 1 unspecified atom stereocenters. The Kier molecular flexibility index (Phi) is 4.92. The lowest BCUT2D eigenvalue weighted by Crippen LogP contribution is -2.41. The van der Waals surface area contributed by atoms with Gasteiger partial charge in [0, 0.05) is 25.8 Å². The summed E-state index contributed by atoms with van der Waals surface area (Å²) in [5.74, 6) is 0.137. The Balaban J connectivity index is 2.40. The highest BCUT2D eigenvalue weighted by molar-refractivity contribution is 4.84. The van der Waals surface area contributed by atoms with Gasteiger partial charge in [-0.1, -0.05) is 6.92 Å². The van der Waals surface area contributed by atoms with Gasteiger partial charge in [-0.05, 0) is 26.3 Å². The molecule has 1 atom stereocenters. The first-order chi connectivity index (χ1) is 6.77. The van der Waals surface area contributed by atoms with E-state index < -0.39 is 0 Å². The van der Waals surface area contributed by atoms with E-state index >= 15 is 0 Å². The SMILES string of the molecule is CCN(CC(C)C#N)C1CCOCC1. The molecule has 0 spiro atoms. The zero-order chi connectivity index (χ0) is 10.4. The molecular formula is C11H20N2O. The molecule has 0 bridgehead atoms. The summed E-state index contributed by atoms with van der Waals surface area (Å²) in [6.07, 6.45) is 2.23. The summed E-state index contributed by atoms with van der Waals surface area (Å²) in [6, 6.07) is 2.93. The Labute approximate surface area is 86.6 Å². The zero-order valence-electron chi connectivity index (χ0n) is 9.20. The molecule has 80 valence electrons. The smallest absolute Gasteiger partial charge is 0.0666 e. The molecular weight excluding hydrogens is 176 g/mol. The number of nitriles is 1. The van der Waals surface area contributed by atoms with Crippen molar-refractivity contribution < 1.29 is 4.74 Å². The first-order valence-electron chi connectivity index (χ1n) is 5.49. The number of rotatable bonds is 4. The van der Waals surface area contributed by atoms with Crippen molar-refractivity contribution in [2.45, 2.75) is 32.7 Å². The minimum absolute atomic E-state index is 0.137. The molecule has 1 aliphatic rings.